The Balaban J connectivity index is 1.70. The van der Waals surface area contributed by atoms with Gasteiger partial charge in [-0.15, -0.1) is 0 Å². The summed E-state index contributed by atoms with van der Waals surface area (Å²) in [6.07, 6.45) is 1.94. The molecule has 4 aromatic heterocycles. The maximum atomic E-state index is 15.7. The summed E-state index contributed by atoms with van der Waals surface area (Å²) >= 11 is 0. The van der Waals surface area contributed by atoms with Crippen LogP contribution in [0.2, 0.25) is 0 Å². The molecule has 60 heavy (non-hydrogen) atoms. The van der Waals surface area contributed by atoms with Crippen LogP contribution in [0, 0.1) is 87.3 Å². The largest absolute Gasteiger partial charge is 0.465 e. The number of fused-ring (bicyclic) bond motifs is 9. The number of ether oxygens (including phenoxy) is 1. The van der Waals surface area contributed by atoms with E-state index in [-0.39, 0.29) is 11.2 Å². The molecule has 0 spiro atoms. The van der Waals surface area contributed by atoms with Crippen LogP contribution in [0.25, 0.3) is 78.6 Å². The van der Waals surface area contributed by atoms with Crippen LogP contribution in [0.1, 0.15) is 21.7 Å². The van der Waals surface area contributed by atoms with Gasteiger partial charge >= 0.3 is 5.97 Å². The molecule has 3 aromatic carbocycles. The first-order valence-corrected chi connectivity index (χ1v) is 16.4. The molecule has 0 saturated heterocycles. The third-order valence-corrected chi connectivity index (χ3v) is 9.47. The predicted molar refractivity (Wildman–Crippen MR) is 182 cm³/mol. The molecule has 0 radical (unpaired) electrons. The standard InChI is InChI=1S/C39H13F15N4O2/c1-60-39(59)9-8-16-10-2-3-11(55-10)17(20-23(40)29(46)35(52)30(47)24(20)41)12-4-5-13(56-12)18(21-25(42)31(48)36(53)32(49)26(21)43)14-6-7-15(57-14)19(38(9)58-16)22-27(44)33(50)37(54)34(51)28(22)45/h2-8,56-58H,1H3. The first kappa shape index (κ1) is 39.6. The molecule has 3 N–H and O–H groups in total. The molecule has 7 aromatic rings. The molecule has 306 valence electrons. The summed E-state index contributed by atoms with van der Waals surface area (Å²) in [5, 5.41) is 0. The van der Waals surface area contributed by atoms with E-state index in [4.69, 9.17) is 4.74 Å². The molecule has 0 unspecified atom stereocenters. The summed E-state index contributed by atoms with van der Waals surface area (Å²) in [6.45, 7) is 0. The highest BCUT2D eigenvalue weighted by atomic mass is 19.2. The molecular weight excluding hydrogens is 841 g/mol. The number of benzene rings is 3. The van der Waals surface area contributed by atoms with E-state index in [2.05, 4.69) is 19.9 Å². The Morgan fingerprint density at radius 3 is 1.17 bits per heavy atom. The van der Waals surface area contributed by atoms with Gasteiger partial charge in [0.25, 0.3) is 0 Å². The molecule has 0 fully saturated rings. The number of esters is 1. The number of aromatic amines is 3. The fourth-order valence-electron chi connectivity index (χ4n) is 6.77. The van der Waals surface area contributed by atoms with Crippen molar-refractivity contribution in [3.63, 3.8) is 0 Å². The van der Waals surface area contributed by atoms with Crippen LogP contribution in [-0.2, 0) is 4.74 Å². The molecule has 6 nitrogen and oxygen atoms in total. The fourth-order valence-corrected chi connectivity index (χ4v) is 6.77. The van der Waals surface area contributed by atoms with Crippen LogP contribution in [-0.4, -0.2) is 33.0 Å². The molecule has 8 bridgehead atoms. The number of hydrogen-bond donors (Lipinski definition) is 3. The monoisotopic (exact) mass is 854 g/mol. The summed E-state index contributed by atoms with van der Waals surface area (Å²) in [5.74, 6) is -38.9. The quantitative estimate of drug-likeness (QED) is 0.0713. The second-order valence-corrected chi connectivity index (χ2v) is 12.7. The number of nitrogens with one attached hydrogen (secondary N) is 3. The van der Waals surface area contributed by atoms with Gasteiger partial charge in [-0.2, -0.15) is 0 Å². The van der Waals surface area contributed by atoms with Crippen LogP contribution in [0.3, 0.4) is 0 Å². The minimum Gasteiger partial charge on any atom is -0.465 e. The lowest BCUT2D eigenvalue weighted by Crippen LogP contribution is -2.06. The number of methoxy groups -OCH3 is 1. The van der Waals surface area contributed by atoms with Crippen molar-refractivity contribution in [1.82, 2.24) is 19.9 Å². The molecule has 0 atom stereocenters. The number of H-pyrrole nitrogens is 3. The highest BCUT2D eigenvalue weighted by Gasteiger charge is 2.33. The van der Waals surface area contributed by atoms with Crippen LogP contribution in [0.15, 0.2) is 30.3 Å². The molecule has 0 aliphatic carbocycles. The third-order valence-electron chi connectivity index (χ3n) is 9.47. The summed E-state index contributed by atoms with van der Waals surface area (Å²) in [4.78, 5) is 24.6. The van der Waals surface area contributed by atoms with Crippen LogP contribution < -0.4 is 0 Å². The highest BCUT2D eigenvalue weighted by molar-refractivity contribution is 6.08. The zero-order chi connectivity index (χ0) is 43.4. The smallest absolute Gasteiger partial charge is 0.340 e. The van der Waals surface area contributed by atoms with Gasteiger partial charge in [0.2, 0.25) is 17.5 Å². The lowest BCUT2D eigenvalue weighted by Gasteiger charge is -2.11. The summed E-state index contributed by atoms with van der Waals surface area (Å²) < 4.78 is 230. The Bertz CT molecular complexity index is 3150. The van der Waals surface area contributed by atoms with Gasteiger partial charge < -0.3 is 19.7 Å². The van der Waals surface area contributed by atoms with E-state index in [9.17, 15) is 44.3 Å². The molecule has 8 rings (SSSR count). The molecule has 21 heteroatoms. The molecule has 0 saturated carbocycles. The first-order chi connectivity index (χ1) is 28.4. The number of hydrogen-bond acceptors (Lipinski definition) is 3. The predicted octanol–water partition coefficient (Wildman–Crippen LogP) is 11.6. The van der Waals surface area contributed by atoms with Gasteiger partial charge in [-0.25, -0.2) is 75.6 Å². The van der Waals surface area contributed by atoms with Crippen LogP contribution in [0.4, 0.5) is 65.9 Å². The van der Waals surface area contributed by atoms with Crippen molar-refractivity contribution >= 4 is 51.2 Å². The Morgan fingerprint density at radius 1 is 0.417 bits per heavy atom. The maximum absolute atomic E-state index is 15.7. The Morgan fingerprint density at radius 2 is 0.750 bits per heavy atom. The summed E-state index contributed by atoms with van der Waals surface area (Å²) in [6, 6.07) is 4.03. The van der Waals surface area contributed by atoms with Crippen molar-refractivity contribution in [2.24, 2.45) is 0 Å². The minimum atomic E-state index is -2.63. The maximum Gasteiger partial charge on any atom is 0.340 e. The SMILES string of the molecule is COC(=O)c1cc2[nH]c1c(-c1c(F)c(F)c(F)c(F)c1F)c1ccc([nH]1)c(-c1c(F)c(F)c(F)c(F)c1F)c1ccc([nH]1)c(-c1c(F)c(F)c(F)c(F)c1F)c1nc2C=C1. The topological polar surface area (TPSA) is 86.6 Å². The summed E-state index contributed by atoms with van der Waals surface area (Å²) in [7, 11) is 0.815. The lowest BCUT2D eigenvalue weighted by atomic mass is 10.0. The van der Waals surface area contributed by atoms with Crippen molar-refractivity contribution in [1.29, 1.82) is 0 Å². The zero-order valence-electron chi connectivity index (χ0n) is 29.0. The van der Waals surface area contributed by atoms with Gasteiger partial charge in [-0.1, -0.05) is 0 Å². The van der Waals surface area contributed by atoms with Gasteiger partial charge in [0.05, 0.1) is 51.8 Å². The average molecular weight is 855 g/mol. The van der Waals surface area contributed by atoms with Gasteiger partial charge in [0.1, 0.15) is 0 Å². The van der Waals surface area contributed by atoms with Gasteiger partial charge in [-0.3, -0.25) is 0 Å². The second kappa shape index (κ2) is 14.0. The zero-order valence-corrected chi connectivity index (χ0v) is 29.0. The van der Waals surface area contributed by atoms with Crippen molar-refractivity contribution < 1.29 is 75.4 Å². The number of rotatable bonds is 4. The molecule has 5 heterocycles. The number of carbonyl (C=O) groups excluding carboxylic acids is 1. The van der Waals surface area contributed by atoms with E-state index in [0.29, 0.717) is 0 Å². The Labute approximate surface area is 321 Å². The molecule has 1 aliphatic rings. The normalized spacial score (nSPS) is 12.0. The Kier molecular flexibility index (Phi) is 9.23. The van der Waals surface area contributed by atoms with Crippen molar-refractivity contribution in [2.75, 3.05) is 7.11 Å². The number of nitrogens with zero attached hydrogens (tertiary/aromatic N) is 1. The first-order valence-electron chi connectivity index (χ1n) is 16.4. The van der Waals surface area contributed by atoms with E-state index in [1.165, 1.54) is 0 Å². The lowest BCUT2D eigenvalue weighted by molar-refractivity contribution is 0.0603. The van der Waals surface area contributed by atoms with Crippen LogP contribution >= 0.6 is 0 Å². The van der Waals surface area contributed by atoms with E-state index >= 15 is 26.3 Å². The van der Waals surface area contributed by atoms with E-state index < -0.39 is 165 Å². The highest BCUT2D eigenvalue weighted by Crippen LogP contribution is 2.43. The molecular formula is C39H13F15N4O2. The van der Waals surface area contributed by atoms with Gasteiger partial charge in [-0.05, 0) is 42.5 Å². The number of carbonyl (C=O) groups is 1. The average Bonchev–Trinajstić information content (AvgIpc) is 4.08. The molecule has 1 aliphatic heterocycles. The van der Waals surface area contributed by atoms with Gasteiger partial charge in [0.15, 0.2) is 69.8 Å². The number of halogens is 15. The second-order valence-electron chi connectivity index (χ2n) is 12.7. The number of aromatic nitrogens is 4. The van der Waals surface area contributed by atoms with E-state index in [1.54, 1.807) is 0 Å². The van der Waals surface area contributed by atoms with Crippen molar-refractivity contribution in [3.05, 3.63) is 135 Å². The van der Waals surface area contributed by atoms with E-state index in [1.807, 2.05) is 0 Å². The minimum absolute atomic E-state index is 0.373. The van der Waals surface area contributed by atoms with Crippen LogP contribution in [0.5, 0.6) is 0 Å². The van der Waals surface area contributed by atoms with E-state index in [0.717, 1.165) is 49.6 Å². The molecule has 0 amide bonds. The van der Waals surface area contributed by atoms with Crippen molar-refractivity contribution in [2.45, 2.75) is 0 Å². The third kappa shape index (κ3) is 5.62. The van der Waals surface area contributed by atoms with Crippen molar-refractivity contribution in [3.8, 4) is 33.4 Å². The summed E-state index contributed by atoms with van der Waals surface area (Å²) in [5.41, 5.74) is -14.2. The van der Waals surface area contributed by atoms with Gasteiger partial charge in [0, 0.05) is 38.8 Å². The Hall–Kier alpha value is -7.19. The fraction of sp³-hybridized carbons (Fsp3) is 0.0256.